The number of rotatable bonds is 6. The average molecular weight is 421 g/mol. The maximum atomic E-state index is 13.0. The van der Waals surface area contributed by atoms with Gasteiger partial charge in [0.25, 0.3) is 5.91 Å². The van der Waals surface area contributed by atoms with Crippen LogP contribution in [0.2, 0.25) is 0 Å². The Morgan fingerprint density at radius 3 is 2.63 bits per heavy atom. The van der Waals surface area contributed by atoms with Crippen LogP contribution in [0.4, 0.5) is 0 Å². The van der Waals surface area contributed by atoms with Crippen molar-refractivity contribution in [3.05, 3.63) is 69.5 Å². The minimum Gasteiger partial charge on any atom is -0.269 e. The molecule has 6 nitrogen and oxygen atoms in total. The van der Waals surface area contributed by atoms with Crippen LogP contribution < -0.4 is 5.48 Å². The molecule has 0 bridgehead atoms. The number of fused-ring (bicyclic) bond motifs is 1. The standard InChI is InChI=1S/C23H24N4O2S/c1-14(2)27-22-20(12-24-27)19(11-21(25-22)18-10-15(3)30-16(18)4)23(28)26-29-13-17-8-6-5-7-9-17/h5-12,14H,13H2,1-4H3,(H,26,28). The van der Waals surface area contributed by atoms with E-state index in [1.807, 2.05) is 54.9 Å². The summed E-state index contributed by atoms with van der Waals surface area (Å²) in [6.45, 7) is 8.53. The Labute approximate surface area is 179 Å². The van der Waals surface area contributed by atoms with Crippen LogP contribution in [0.5, 0.6) is 0 Å². The highest BCUT2D eigenvalue weighted by Gasteiger charge is 2.20. The van der Waals surface area contributed by atoms with Crippen molar-refractivity contribution in [2.45, 2.75) is 40.3 Å². The molecule has 3 heterocycles. The molecule has 0 saturated carbocycles. The monoisotopic (exact) mass is 420 g/mol. The van der Waals surface area contributed by atoms with Crippen molar-refractivity contribution in [3.8, 4) is 11.3 Å². The summed E-state index contributed by atoms with van der Waals surface area (Å²) in [5.74, 6) is -0.313. The van der Waals surface area contributed by atoms with Gasteiger partial charge in [0, 0.05) is 21.4 Å². The number of hydrogen-bond donors (Lipinski definition) is 1. The quantitative estimate of drug-likeness (QED) is 0.434. The number of hydroxylamine groups is 1. The van der Waals surface area contributed by atoms with E-state index in [1.165, 1.54) is 9.75 Å². The molecule has 0 atom stereocenters. The van der Waals surface area contributed by atoms with Crippen LogP contribution >= 0.6 is 11.3 Å². The van der Waals surface area contributed by atoms with Gasteiger partial charge in [-0.25, -0.2) is 15.1 Å². The molecular formula is C23H24N4O2S. The first-order chi connectivity index (χ1) is 14.4. The lowest BCUT2D eigenvalue weighted by Crippen LogP contribution is -2.24. The molecule has 0 aliphatic heterocycles. The van der Waals surface area contributed by atoms with E-state index in [2.05, 4.69) is 30.5 Å². The number of pyridine rings is 1. The molecule has 1 N–H and O–H groups in total. The first-order valence-electron chi connectivity index (χ1n) is 9.85. The zero-order valence-electron chi connectivity index (χ0n) is 17.5. The summed E-state index contributed by atoms with van der Waals surface area (Å²) in [5, 5.41) is 5.17. The smallest absolute Gasteiger partial charge is 0.269 e. The van der Waals surface area contributed by atoms with Crippen molar-refractivity contribution in [1.82, 2.24) is 20.2 Å². The number of thiophene rings is 1. The van der Waals surface area contributed by atoms with Gasteiger partial charge < -0.3 is 0 Å². The predicted octanol–water partition coefficient (Wildman–Crippen LogP) is 5.22. The number of nitrogens with one attached hydrogen (secondary N) is 1. The van der Waals surface area contributed by atoms with Crippen LogP contribution in [0.3, 0.4) is 0 Å². The molecule has 0 saturated heterocycles. The Bertz CT molecular complexity index is 1190. The van der Waals surface area contributed by atoms with Crippen molar-refractivity contribution in [2.24, 2.45) is 0 Å². The van der Waals surface area contributed by atoms with Gasteiger partial charge in [-0.2, -0.15) is 5.10 Å². The summed E-state index contributed by atoms with van der Waals surface area (Å²) in [4.78, 5) is 25.7. The normalized spacial score (nSPS) is 11.4. The molecule has 0 aliphatic carbocycles. The Hall–Kier alpha value is -3.03. The lowest BCUT2D eigenvalue weighted by molar-refractivity contribution is 0.0235. The minimum atomic E-state index is -0.313. The molecule has 1 aromatic carbocycles. The number of benzene rings is 1. The zero-order valence-corrected chi connectivity index (χ0v) is 18.3. The van der Waals surface area contributed by atoms with Gasteiger partial charge in [0.05, 0.1) is 29.4 Å². The van der Waals surface area contributed by atoms with Gasteiger partial charge in [0.15, 0.2) is 5.65 Å². The third-order valence-corrected chi connectivity index (χ3v) is 5.83. The van der Waals surface area contributed by atoms with Gasteiger partial charge in [0.1, 0.15) is 0 Å². The summed E-state index contributed by atoms with van der Waals surface area (Å²) in [6.07, 6.45) is 1.70. The molecule has 4 aromatic rings. The first kappa shape index (κ1) is 20.3. The van der Waals surface area contributed by atoms with Gasteiger partial charge in [-0.05, 0) is 45.4 Å². The molecule has 30 heavy (non-hydrogen) atoms. The second-order valence-corrected chi connectivity index (χ2v) is 8.97. The van der Waals surface area contributed by atoms with Crippen LogP contribution in [0.15, 0.2) is 48.7 Å². The molecule has 0 spiro atoms. The largest absolute Gasteiger partial charge is 0.275 e. The summed E-state index contributed by atoms with van der Waals surface area (Å²) in [6, 6.07) is 13.8. The highest BCUT2D eigenvalue weighted by molar-refractivity contribution is 7.12. The molecule has 0 radical (unpaired) electrons. The van der Waals surface area contributed by atoms with E-state index >= 15 is 0 Å². The molecular weight excluding hydrogens is 396 g/mol. The molecule has 1 amide bonds. The Morgan fingerprint density at radius 1 is 1.20 bits per heavy atom. The van der Waals surface area contributed by atoms with E-state index in [4.69, 9.17) is 9.82 Å². The average Bonchev–Trinajstić information content (AvgIpc) is 3.30. The van der Waals surface area contributed by atoms with Crippen molar-refractivity contribution < 1.29 is 9.63 Å². The van der Waals surface area contributed by atoms with Crippen molar-refractivity contribution in [2.75, 3.05) is 0 Å². The Kier molecular flexibility index (Phi) is 5.65. The summed E-state index contributed by atoms with van der Waals surface area (Å²) in [5.41, 5.74) is 6.55. The predicted molar refractivity (Wildman–Crippen MR) is 119 cm³/mol. The van der Waals surface area contributed by atoms with Crippen molar-refractivity contribution >= 4 is 28.3 Å². The van der Waals surface area contributed by atoms with Crippen LogP contribution in [0.25, 0.3) is 22.3 Å². The van der Waals surface area contributed by atoms with E-state index in [9.17, 15) is 4.79 Å². The third-order valence-electron chi connectivity index (χ3n) is 4.86. The van der Waals surface area contributed by atoms with Crippen molar-refractivity contribution in [1.29, 1.82) is 0 Å². The number of carbonyl (C=O) groups is 1. The van der Waals surface area contributed by atoms with Gasteiger partial charge in [0.2, 0.25) is 0 Å². The van der Waals surface area contributed by atoms with Crippen LogP contribution in [-0.2, 0) is 11.4 Å². The first-order valence-corrected chi connectivity index (χ1v) is 10.7. The van der Waals surface area contributed by atoms with E-state index in [1.54, 1.807) is 17.5 Å². The molecule has 7 heteroatoms. The zero-order chi connectivity index (χ0) is 21.3. The van der Waals surface area contributed by atoms with E-state index in [-0.39, 0.29) is 11.9 Å². The fourth-order valence-corrected chi connectivity index (χ4v) is 4.35. The van der Waals surface area contributed by atoms with Crippen LogP contribution in [-0.4, -0.2) is 20.7 Å². The second-order valence-electron chi connectivity index (χ2n) is 7.51. The molecule has 3 aromatic heterocycles. The maximum Gasteiger partial charge on any atom is 0.275 e. The summed E-state index contributed by atoms with van der Waals surface area (Å²) < 4.78 is 1.84. The maximum absolute atomic E-state index is 13.0. The number of aromatic nitrogens is 3. The lowest BCUT2D eigenvalue weighted by Gasteiger charge is -2.11. The van der Waals surface area contributed by atoms with Gasteiger partial charge in [-0.3, -0.25) is 9.63 Å². The molecule has 4 rings (SSSR count). The third kappa shape index (κ3) is 3.99. The Balaban J connectivity index is 1.70. The molecule has 154 valence electrons. The number of amides is 1. The number of hydrogen-bond acceptors (Lipinski definition) is 5. The number of nitrogens with zero attached hydrogens (tertiary/aromatic N) is 3. The fourth-order valence-electron chi connectivity index (χ4n) is 3.42. The Morgan fingerprint density at radius 2 is 1.97 bits per heavy atom. The van der Waals surface area contributed by atoms with E-state index in [0.29, 0.717) is 23.2 Å². The minimum absolute atomic E-state index is 0.126. The lowest BCUT2D eigenvalue weighted by atomic mass is 10.1. The van der Waals surface area contributed by atoms with Gasteiger partial charge in [-0.15, -0.1) is 11.3 Å². The van der Waals surface area contributed by atoms with Gasteiger partial charge >= 0.3 is 0 Å². The van der Waals surface area contributed by atoms with Crippen molar-refractivity contribution in [3.63, 3.8) is 0 Å². The van der Waals surface area contributed by atoms with Gasteiger partial charge in [-0.1, -0.05) is 30.3 Å². The molecule has 0 unspecified atom stereocenters. The highest BCUT2D eigenvalue weighted by Crippen LogP contribution is 2.32. The van der Waals surface area contributed by atoms with Crippen LogP contribution in [0, 0.1) is 13.8 Å². The SMILES string of the molecule is Cc1cc(-c2cc(C(=O)NOCc3ccccc3)c3cnn(C(C)C)c3n2)c(C)s1. The summed E-state index contributed by atoms with van der Waals surface area (Å²) in [7, 11) is 0. The number of carbonyl (C=O) groups excluding carboxylic acids is 1. The molecule has 0 aliphatic rings. The fraction of sp³-hybridized carbons (Fsp3) is 0.261. The highest BCUT2D eigenvalue weighted by atomic mass is 32.1. The summed E-state index contributed by atoms with van der Waals surface area (Å²) >= 11 is 1.72. The number of aryl methyl sites for hydroxylation is 2. The van der Waals surface area contributed by atoms with E-state index in [0.717, 1.165) is 16.8 Å². The van der Waals surface area contributed by atoms with E-state index < -0.39 is 0 Å². The second kappa shape index (κ2) is 8.38. The molecule has 0 fully saturated rings. The van der Waals surface area contributed by atoms with Crippen LogP contribution in [0.1, 0.15) is 45.6 Å². The topological polar surface area (TPSA) is 69.0 Å².